The SMILES string of the molecule is COc1ccccc1-n1cnnc1SCC(=O)N(C)[C@H]1CCS(=O)(=O)C1. The summed E-state index contributed by atoms with van der Waals surface area (Å²) in [4.78, 5) is 14.0. The predicted molar refractivity (Wildman–Crippen MR) is 98.5 cm³/mol. The highest BCUT2D eigenvalue weighted by molar-refractivity contribution is 7.99. The normalized spacial score (nSPS) is 18.6. The van der Waals surface area contributed by atoms with Gasteiger partial charge in [-0.05, 0) is 18.6 Å². The Balaban J connectivity index is 1.68. The lowest BCUT2D eigenvalue weighted by molar-refractivity contribution is -0.128. The van der Waals surface area contributed by atoms with Crippen LogP contribution in [0.5, 0.6) is 5.75 Å². The zero-order valence-corrected chi connectivity index (χ0v) is 16.2. The minimum absolute atomic E-state index is 0.0390. The molecule has 1 aliphatic heterocycles. The van der Waals surface area contributed by atoms with Crippen LogP contribution in [0, 0.1) is 0 Å². The Hall–Kier alpha value is -2.07. The highest BCUT2D eigenvalue weighted by atomic mass is 32.2. The minimum Gasteiger partial charge on any atom is -0.495 e. The van der Waals surface area contributed by atoms with Crippen LogP contribution in [0.4, 0.5) is 0 Å². The fourth-order valence-electron chi connectivity index (χ4n) is 2.83. The molecule has 1 aliphatic rings. The molecule has 8 nitrogen and oxygen atoms in total. The van der Waals surface area contributed by atoms with Gasteiger partial charge in [0, 0.05) is 13.1 Å². The number of methoxy groups -OCH3 is 1. The lowest BCUT2D eigenvalue weighted by atomic mass is 10.2. The van der Waals surface area contributed by atoms with Gasteiger partial charge in [0.25, 0.3) is 0 Å². The van der Waals surface area contributed by atoms with E-state index < -0.39 is 9.84 Å². The lowest BCUT2D eigenvalue weighted by Crippen LogP contribution is -2.38. The summed E-state index contributed by atoms with van der Waals surface area (Å²) in [6, 6.07) is 7.21. The van der Waals surface area contributed by atoms with Gasteiger partial charge in [-0.25, -0.2) is 8.42 Å². The third kappa shape index (κ3) is 4.01. The first kappa shape index (κ1) is 18.7. The Morgan fingerprint density at radius 1 is 1.42 bits per heavy atom. The van der Waals surface area contributed by atoms with Crippen molar-refractivity contribution in [2.24, 2.45) is 0 Å². The molecular formula is C16H20N4O4S2. The van der Waals surface area contributed by atoms with Crippen molar-refractivity contribution in [1.29, 1.82) is 0 Å². The largest absolute Gasteiger partial charge is 0.495 e. The van der Waals surface area contributed by atoms with E-state index in [1.165, 1.54) is 16.7 Å². The molecule has 0 radical (unpaired) electrons. The molecule has 0 bridgehead atoms. The zero-order valence-electron chi connectivity index (χ0n) is 14.5. The molecule has 1 saturated heterocycles. The van der Waals surface area contributed by atoms with Gasteiger partial charge in [-0.1, -0.05) is 23.9 Å². The number of hydrogen-bond acceptors (Lipinski definition) is 7. The van der Waals surface area contributed by atoms with E-state index in [2.05, 4.69) is 10.2 Å². The second-order valence-corrected chi connectivity index (χ2v) is 9.18. The van der Waals surface area contributed by atoms with E-state index in [1.807, 2.05) is 24.3 Å². The number of nitrogens with zero attached hydrogens (tertiary/aromatic N) is 4. The summed E-state index contributed by atoms with van der Waals surface area (Å²) in [6.45, 7) is 0. The summed E-state index contributed by atoms with van der Waals surface area (Å²) in [5.41, 5.74) is 0.783. The smallest absolute Gasteiger partial charge is 0.233 e. The first-order valence-corrected chi connectivity index (χ1v) is 10.8. The average Bonchev–Trinajstić information content (AvgIpc) is 3.24. The molecule has 2 heterocycles. The van der Waals surface area contributed by atoms with Gasteiger partial charge >= 0.3 is 0 Å². The molecule has 26 heavy (non-hydrogen) atoms. The molecule has 0 saturated carbocycles. The Morgan fingerprint density at radius 2 is 2.19 bits per heavy atom. The Morgan fingerprint density at radius 3 is 2.88 bits per heavy atom. The average molecular weight is 396 g/mol. The number of ether oxygens (including phenoxy) is 1. The molecule has 1 aromatic carbocycles. The van der Waals surface area contributed by atoms with Gasteiger partial charge in [-0.2, -0.15) is 0 Å². The Kier molecular flexibility index (Phi) is 5.52. The van der Waals surface area contributed by atoms with Crippen LogP contribution in [0.25, 0.3) is 5.69 Å². The third-order valence-corrected chi connectivity index (χ3v) is 7.01. The topological polar surface area (TPSA) is 94.4 Å². The van der Waals surface area contributed by atoms with E-state index in [4.69, 9.17) is 4.74 Å². The van der Waals surface area contributed by atoms with Crippen molar-refractivity contribution in [2.75, 3.05) is 31.4 Å². The van der Waals surface area contributed by atoms with Gasteiger partial charge in [0.1, 0.15) is 12.1 Å². The fraction of sp³-hybridized carbons (Fsp3) is 0.438. The Labute approximate surface area is 156 Å². The standard InChI is InChI=1S/C16H20N4O4S2/c1-19(12-7-8-26(22,23)10-12)15(21)9-25-16-18-17-11-20(16)13-5-3-4-6-14(13)24-2/h3-6,11-12H,7-10H2,1-2H3/t12-/m0/s1. The number of carbonyl (C=O) groups excluding carboxylic acids is 1. The minimum atomic E-state index is -3.02. The van der Waals surface area contributed by atoms with Gasteiger partial charge < -0.3 is 9.64 Å². The van der Waals surface area contributed by atoms with Crippen molar-refractivity contribution in [3.63, 3.8) is 0 Å². The number of sulfone groups is 1. The van der Waals surface area contributed by atoms with Crippen molar-refractivity contribution < 1.29 is 17.9 Å². The number of carbonyl (C=O) groups is 1. The molecule has 0 aliphatic carbocycles. The summed E-state index contributed by atoms with van der Waals surface area (Å²) in [6.07, 6.45) is 2.06. The van der Waals surface area contributed by atoms with E-state index >= 15 is 0 Å². The van der Waals surface area contributed by atoms with Gasteiger partial charge in [0.05, 0.1) is 30.1 Å². The maximum Gasteiger partial charge on any atom is 0.233 e. The lowest BCUT2D eigenvalue weighted by Gasteiger charge is -2.23. The van der Waals surface area contributed by atoms with Crippen LogP contribution in [-0.2, 0) is 14.6 Å². The van der Waals surface area contributed by atoms with E-state index in [0.717, 1.165) is 5.69 Å². The first-order chi connectivity index (χ1) is 12.4. The number of amides is 1. The number of benzene rings is 1. The Bertz CT molecular complexity index is 897. The van der Waals surface area contributed by atoms with E-state index in [1.54, 1.807) is 25.1 Å². The van der Waals surface area contributed by atoms with Crippen molar-refractivity contribution in [1.82, 2.24) is 19.7 Å². The molecule has 1 fully saturated rings. The monoisotopic (exact) mass is 396 g/mol. The van der Waals surface area contributed by atoms with Crippen molar-refractivity contribution in [3.8, 4) is 11.4 Å². The van der Waals surface area contributed by atoms with Crippen LogP contribution >= 0.6 is 11.8 Å². The summed E-state index contributed by atoms with van der Waals surface area (Å²) in [7, 11) is 0.216. The third-order valence-electron chi connectivity index (χ3n) is 4.34. The molecule has 1 amide bonds. The summed E-state index contributed by atoms with van der Waals surface area (Å²) in [5.74, 6) is 0.878. The quantitative estimate of drug-likeness (QED) is 0.673. The molecular weight excluding hydrogens is 376 g/mol. The van der Waals surface area contributed by atoms with Crippen LogP contribution in [-0.4, -0.2) is 71.4 Å². The molecule has 140 valence electrons. The number of rotatable bonds is 6. The van der Waals surface area contributed by atoms with Crippen LogP contribution < -0.4 is 4.74 Å². The second-order valence-electron chi connectivity index (χ2n) is 6.01. The second kappa shape index (κ2) is 7.67. The molecule has 10 heteroatoms. The summed E-state index contributed by atoms with van der Waals surface area (Å²) in [5, 5.41) is 8.56. The summed E-state index contributed by atoms with van der Waals surface area (Å²) < 4.78 is 30.3. The maximum absolute atomic E-state index is 12.4. The van der Waals surface area contributed by atoms with Crippen LogP contribution in [0.1, 0.15) is 6.42 Å². The van der Waals surface area contributed by atoms with E-state index in [9.17, 15) is 13.2 Å². The molecule has 3 rings (SSSR count). The number of thioether (sulfide) groups is 1. The number of hydrogen-bond donors (Lipinski definition) is 0. The number of aromatic nitrogens is 3. The van der Waals surface area contributed by atoms with E-state index in [0.29, 0.717) is 17.3 Å². The molecule has 2 aromatic rings. The highest BCUT2D eigenvalue weighted by Crippen LogP contribution is 2.27. The van der Waals surface area contributed by atoms with Gasteiger partial charge in [-0.15, -0.1) is 10.2 Å². The molecule has 0 spiro atoms. The van der Waals surface area contributed by atoms with E-state index in [-0.39, 0.29) is 29.2 Å². The fourth-order valence-corrected chi connectivity index (χ4v) is 5.45. The van der Waals surface area contributed by atoms with Crippen molar-refractivity contribution >= 4 is 27.5 Å². The molecule has 1 atom stereocenters. The molecule has 0 unspecified atom stereocenters. The van der Waals surface area contributed by atoms with Crippen LogP contribution in [0.15, 0.2) is 35.7 Å². The summed E-state index contributed by atoms with van der Waals surface area (Å²) >= 11 is 1.26. The van der Waals surface area contributed by atoms with Gasteiger partial charge in [0.15, 0.2) is 15.0 Å². The van der Waals surface area contributed by atoms with Crippen molar-refractivity contribution in [3.05, 3.63) is 30.6 Å². The number of para-hydroxylation sites is 2. The zero-order chi connectivity index (χ0) is 18.7. The van der Waals surface area contributed by atoms with Crippen LogP contribution in [0.2, 0.25) is 0 Å². The first-order valence-electron chi connectivity index (χ1n) is 8.03. The van der Waals surface area contributed by atoms with Crippen LogP contribution in [0.3, 0.4) is 0 Å². The van der Waals surface area contributed by atoms with Crippen molar-refractivity contribution in [2.45, 2.75) is 17.6 Å². The highest BCUT2D eigenvalue weighted by Gasteiger charge is 2.32. The molecule has 0 N–H and O–H groups in total. The predicted octanol–water partition coefficient (Wildman–Crippen LogP) is 1.01. The molecule has 1 aromatic heterocycles. The van der Waals surface area contributed by atoms with Gasteiger partial charge in [-0.3, -0.25) is 9.36 Å². The maximum atomic E-state index is 12.4. The van der Waals surface area contributed by atoms with Gasteiger partial charge in [0.2, 0.25) is 5.91 Å².